The zero-order chi connectivity index (χ0) is 10.7. The standard InChI is InChI=1S/C10H11N5/c11-8-6-9(12)15-10(14-8)5-7-1-3-13-4-2-7/h1-4,6H,5H2,(H4,11,12,14,15). The zero-order valence-corrected chi connectivity index (χ0v) is 8.09. The molecule has 0 aliphatic rings. The molecule has 0 saturated heterocycles. The molecule has 0 bridgehead atoms. The lowest BCUT2D eigenvalue weighted by Crippen LogP contribution is -2.03. The van der Waals surface area contributed by atoms with Gasteiger partial charge in [-0.3, -0.25) is 4.98 Å². The molecule has 76 valence electrons. The van der Waals surface area contributed by atoms with E-state index in [0.717, 1.165) is 5.56 Å². The zero-order valence-electron chi connectivity index (χ0n) is 8.09. The molecule has 0 saturated carbocycles. The van der Waals surface area contributed by atoms with E-state index >= 15 is 0 Å². The first-order chi connectivity index (χ1) is 7.24. The Balaban J connectivity index is 2.25. The molecule has 0 aliphatic carbocycles. The summed E-state index contributed by atoms with van der Waals surface area (Å²) in [6.07, 6.45) is 4.06. The Hall–Kier alpha value is -2.17. The average Bonchev–Trinajstić information content (AvgIpc) is 2.17. The Morgan fingerprint density at radius 3 is 2.20 bits per heavy atom. The normalized spacial score (nSPS) is 10.1. The van der Waals surface area contributed by atoms with E-state index in [4.69, 9.17) is 11.5 Å². The van der Waals surface area contributed by atoms with Gasteiger partial charge in [0.25, 0.3) is 0 Å². The van der Waals surface area contributed by atoms with Crippen molar-refractivity contribution in [1.29, 1.82) is 0 Å². The third-order valence-corrected chi connectivity index (χ3v) is 1.92. The van der Waals surface area contributed by atoms with Crippen LogP contribution in [-0.2, 0) is 6.42 Å². The number of nitrogens with two attached hydrogens (primary N) is 2. The van der Waals surface area contributed by atoms with Crippen LogP contribution in [0.5, 0.6) is 0 Å². The second kappa shape index (κ2) is 3.91. The van der Waals surface area contributed by atoms with Crippen LogP contribution in [0.1, 0.15) is 11.4 Å². The van der Waals surface area contributed by atoms with E-state index in [1.165, 1.54) is 6.07 Å². The summed E-state index contributed by atoms with van der Waals surface area (Å²) in [5.74, 6) is 1.41. The molecule has 2 aromatic rings. The number of hydrogen-bond donors (Lipinski definition) is 2. The molecule has 0 radical (unpaired) electrons. The van der Waals surface area contributed by atoms with Gasteiger partial charge in [0.2, 0.25) is 0 Å². The van der Waals surface area contributed by atoms with Gasteiger partial charge in [0.1, 0.15) is 17.5 Å². The molecule has 0 aliphatic heterocycles. The Labute approximate surface area is 87.2 Å². The summed E-state index contributed by atoms with van der Waals surface area (Å²) >= 11 is 0. The Kier molecular flexibility index (Phi) is 2.45. The molecule has 0 amide bonds. The summed E-state index contributed by atoms with van der Waals surface area (Å²) in [6, 6.07) is 5.35. The predicted octanol–water partition coefficient (Wildman–Crippen LogP) is 0.627. The van der Waals surface area contributed by atoms with E-state index < -0.39 is 0 Å². The number of nitrogens with zero attached hydrogens (tertiary/aromatic N) is 3. The highest BCUT2D eigenvalue weighted by Crippen LogP contribution is 2.08. The molecule has 0 atom stereocenters. The van der Waals surface area contributed by atoms with Gasteiger partial charge in [-0.2, -0.15) is 0 Å². The molecule has 4 N–H and O–H groups in total. The van der Waals surface area contributed by atoms with Crippen LogP contribution in [0, 0.1) is 0 Å². The molecule has 0 unspecified atom stereocenters. The first-order valence-corrected chi connectivity index (χ1v) is 4.52. The van der Waals surface area contributed by atoms with Gasteiger partial charge in [-0.25, -0.2) is 9.97 Å². The maximum Gasteiger partial charge on any atom is 0.137 e. The van der Waals surface area contributed by atoms with Gasteiger partial charge in [0, 0.05) is 24.9 Å². The third kappa shape index (κ3) is 2.40. The van der Waals surface area contributed by atoms with Crippen LogP contribution >= 0.6 is 0 Å². The molecule has 5 nitrogen and oxygen atoms in total. The lowest BCUT2D eigenvalue weighted by molar-refractivity contribution is 0.977. The molecule has 0 spiro atoms. The number of rotatable bonds is 2. The van der Waals surface area contributed by atoms with Gasteiger partial charge in [0.05, 0.1) is 0 Å². The lowest BCUT2D eigenvalue weighted by Gasteiger charge is -2.02. The Morgan fingerprint density at radius 1 is 1.00 bits per heavy atom. The number of hydrogen-bond acceptors (Lipinski definition) is 5. The molecule has 2 rings (SSSR count). The molecule has 2 heterocycles. The summed E-state index contributed by atoms with van der Waals surface area (Å²) in [7, 11) is 0. The fourth-order valence-corrected chi connectivity index (χ4v) is 1.30. The maximum absolute atomic E-state index is 5.57. The first kappa shape index (κ1) is 9.39. The highest BCUT2D eigenvalue weighted by atomic mass is 15.0. The smallest absolute Gasteiger partial charge is 0.137 e. The summed E-state index contributed by atoms with van der Waals surface area (Å²) in [6.45, 7) is 0. The highest BCUT2D eigenvalue weighted by molar-refractivity contribution is 5.41. The van der Waals surface area contributed by atoms with Gasteiger partial charge in [0.15, 0.2) is 0 Å². The van der Waals surface area contributed by atoms with Crippen LogP contribution in [0.15, 0.2) is 30.6 Å². The number of anilines is 2. The van der Waals surface area contributed by atoms with Crippen LogP contribution < -0.4 is 11.5 Å². The van der Waals surface area contributed by atoms with Crippen LogP contribution in [0.4, 0.5) is 11.6 Å². The second-order valence-corrected chi connectivity index (χ2v) is 3.17. The minimum Gasteiger partial charge on any atom is -0.384 e. The third-order valence-electron chi connectivity index (χ3n) is 1.92. The van der Waals surface area contributed by atoms with Gasteiger partial charge in [-0.15, -0.1) is 0 Å². The minimum atomic E-state index is 0.395. The minimum absolute atomic E-state index is 0.395. The molecular formula is C10H11N5. The number of pyridine rings is 1. The van der Waals surface area contributed by atoms with Crippen molar-refractivity contribution >= 4 is 11.6 Å². The summed E-state index contributed by atoms with van der Waals surface area (Å²) in [4.78, 5) is 12.1. The van der Waals surface area contributed by atoms with Crippen molar-refractivity contribution in [1.82, 2.24) is 15.0 Å². The largest absolute Gasteiger partial charge is 0.384 e. The summed E-state index contributed by atoms with van der Waals surface area (Å²) in [5, 5.41) is 0. The van der Waals surface area contributed by atoms with Crippen LogP contribution in [0.2, 0.25) is 0 Å². The molecule has 2 aromatic heterocycles. The summed E-state index contributed by atoms with van der Waals surface area (Å²) in [5.41, 5.74) is 12.2. The van der Waals surface area contributed by atoms with E-state index in [1.807, 2.05) is 12.1 Å². The first-order valence-electron chi connectivity index (χ1n) is 4.52. The predicted molar refractivity (Wildman–Crippen MR) is 57.9 cm³/mol. The molecule has 0 aromatic carbocycles. The fraction of sp³-hybridized carbons (Fsp3) is 0.100. The van der Waals surface area contributed by atoms with Crippen LogP contribution in [0.3, 0.4) is 0 Å². The van der Waals surface area contributed by atoms with Gasteiger partial charge in [-0.05, 0) is 17.7 Å². The monoisotopic (exact) mass is 201 g/mol. The average molecular weight is 201 g/mol. The molecular weight excluding hydrogens is 190 g/mol. The lowest BCUT2D eigenvalue weighted by atomic mass is 10.2. The highest BCUT2D eigenvalue weighted by Gasteiger charge is 2.01. The van der Waals surface area contributed by atoms with Crippen LogP contribution in [0.25, 0.3) is 0 Å². The van der Waals surface area contributed by atoms with E-state index in [1.54, 1.807) is 12.4 Å². The van der Waals surface area contributed by atoms with Crippen molar-refractivity contribution in [3.8, 4) is 0 Å². The van der Waals surface area contributed by atoms with Crippen molar-refractivity contribution in [2.24, 2.45) is 0 Å². The van der Waals surface area contributed by atoms with Crippen molar-refractivity contribution in [2.75, 3.05) is 11.5 Å². The van der Waals surface area contributed by atoms with Crippen molar-refractivity contribution in [3.05, 3.63) is 42.0 Å². The van der Waals surface area contributed by atoms with Crippen molar-refractivity contribution in [2.45, 2.75) is 6.42 Å². The summed E-state index contributed by atoms with van der Waals surface area (Å²) < 4.78 is 0. The van der Waals surface area contributed by atoms with E-state index in [2.05, 4.69) is 15.0 Å². The fourth-order valence-electron chi connectivity index (χ4n) is 1.30. The van der Waals surface area contributed by atoms with Gasteiger partial charge >= 0.3 is 0 Å². The van der Waals surface area contributed by atoms with Crippen molar-refractivity contribution in [3.63, 3.8) is 0 Å². The van der Waals surface area contributed by atoms with Crippen molar-refractivity contribution < 1.29 is 0 Å². The molecule has 0 fully saturated rings. The second-order valence-electron chi connectivity index (χ2n) is 3.17. The van der Waals surface area contributed by atoms with Gasteiger partial charge < -0.3 is 11.5 Å². The Morgan fingerprint density at radius 2 is 1.60 bits per heavy atom. The van der Waals surface area contributed by atoms with E-state index in [0.29, 0.717) is 23.9 Å². The van der Waals surface area contributed by atoms with E-state index in [-0.39, 0.29) is 0 Å². The Bertz CT molecular complexity index is 434. The van der Waals surface area contributed by atoms with E-state index in [9.17, 15) is 0 Å². The molecule has 15 heavy (non-hydrogen) atoms. The maximum atomic E-state index is 5.57. The molecule has 5 heteroatoms. The quantitative estimate of drug-likeness (QED) is 0.743. The van der Waals surface area contributed by atoms with Crippen LogP contribution in [-0.4, -0.2) is 15.0 Å². The SMILES string of the molecule is Nc1cc(N)nc(Cc2ccncc2)n1. The van der Waals surface area contributed by atoms with Gasteiger partial charge in [-0.1, -0.05) is 0 Å². The number of aromatic nitrogens is 3. The number of nitrogen functional groups attached to an aromatic ring is 2. The topological polar surface area (TPSA) is 90.7 Å².